The first-order valence-corrected chi connectivity index (χ1v) is 9.05. The average molecular weight is 400 g/mol. The van der Waals surface area contributed by atoms with E-state index in [1.165, 1.54) is 20.3 Å². The fourth-order valence-corrected chi connectivity index (χ4v) is 2.49. The molecule has 0 fully saturated rings. The summed E-state index contributed by atoms with van der Waals surface area (Å²) in [7, 11) is 3.00. The second kappa shape index (κ2) is 10.7. The number of ether oxygens (including phenoxy) is 3. The first-order valence-electron chi connectivity index (χ1n) is 9.05. The number of hydrogen-bond acceptors (Lipinski definition) is 6. The standard InChI is InChI=1S/C21H24N2O6/c1-4-29-21(26)14-6-5-7-16(10-14)23-19(24)8-9-22-20(25)15-11-17(27-2)13-18(12-15)28-3/h5-7,10-13H,4,8-9H2,1-3H3,(H,22,25)(H,23,24). The molecule has 2 amide bonds. The molecule has 29 heavy (non-hydrogen) atoms. The van der Waals surface area contributed by atoms with E-state index in [1.54, 1.807) is 43.3 Å². The lowest BCUT2D eigenvalue weighted by molar-refractivity contribution is -0.116. The number of esters is 1. The lowest BCUT2D eigenvalue weighted by Crippen LogP contribution is -2.27. The SMILES string of the molecule is CCOC(=O)c1cccc(NC(=O)CCNC(=O)c2cc(OC)cc(OC)c2)c1. The van der Waals surface area contributed by atoms with Crippen LogP contribution in [0.3, 0.4) is 0 Å². The molecule has 154 valence electrons. The Labute approximate surface area is 169 Å². The van der Waals surface area contributed by atoms with E-state index in [9.17, 15) is 14.4 Å². The summed E-state index contributed by atoms with van der Waals surface area (Å²) >= 11 is 0. The molecule has 0 atom stereocenters. The lowest BCUT2D eigenvalue weighted by atomic mass is 10.2. The van der Waals surface area contributed by atoms with Crippen molar-refractivity contribution in [3.8, 4) is 11.5 Å². The molecule has 0 bridgehead atoms. The fraction of sp³-hybridized carbons (Fsp3) is 0.286. The third-order valence-electron chi connectivity index (χ3n) is 3.91. The molecule has 0 unspecified atom stereocenters. The van der Waals surface area contributed by atoms with Crippen LogP contribution in [-0.4, -0.2) is 45.2 Å². The molecule has 0 aromatic heterocycles. The Morgan fingerprint density at radius 3 is 2.24 bits per heavy atom. The molecule has 2 rings (SSSR count). The molecule has 0 saturated heterocycles. The highest BCUT2D eigenvalue weighted by Gasteiger charge is 2.11. The first kappa shape index (κ1) is 21.7. The van der Waals surface area contributed by atoms with Crippen molar-refractivity contribution in [3.05, 3.63) is 53.6 Å². The second-order valence-electron chi connectivity index (χ2n) is 5.96. The number of carbonyl (C=O) groups excluding carboxylic acids is 3. The van der Waals surface area contributed by atoms with Crippen LogP contribution < -0.4 is 20.1 Å². The van der Waals surface area contributed by atoms with E-state index in [-0.39, 0.29) is 31.4 Å². The van der Waals surface area contributed by atoms with Gasteiger partial charge in [0.25, 0.3) is 5.91 Å². The number of rotatable bonds is 9. The van der Waals surface area contributed by atoms with Crippen LogP contribution in [0, 0.1) is 0 Å². The minimum absolute atomic E-state index is 0.0659. The number of benzene rings is 2. The van der Waals surface area contributed by atoms with Crippen LogP contribution in [0.25, 0.3) is 0 Å². The number of anilines is 1. The van der Waals surface area contributed by atoms with Gasteiger partial charge < -0.3 is 24.8 Å². The van der Waals surface area contributed by atoms with Crippen LogP contribution in [0.2, 0.25) is 0 Å². The van der Waals surface area contributed by atoms with Gasteiger partial charge in [-0.05, 0) is 37.3 Å². The Hall–Kier alpha value is -3.55. The van der Waals surface area contributed by atoms with Crippen molar-refractivity contribution in [2.75, 3.05) is 32.7 Å². The topological polar surface area (TPSA) is 103 Å². The number of amides is 2. The van der Waals surface area contributed by atoms with Crippen LogP contribution in [0.5, 0.6) is 11.5 Å². The van der Waals surface area contributed by atoms with E-state index in [1.807, 2.05) is 0 Å². The van der Waals surface area contributed by atoms with Gasteiger partial charge in [-0.3, -0.25) is 9.59 Å². The summed E-state index contributed by atoms with van der Waals surface area (Å²) in [6.45, 7) is 2.13. The third kappa shape index (κ3) is 6.53. The molecule has 0 aliphatic heterocycles. The van der Waals surface area contributed by atoms with Crippen molar-refractivity contribution < 1.29 is 28.6 Å². The van der Waals surface area contributed by atoms with Gasteiger partial charge in [0.1, 0.15) is 11.5 Å². The Morgan fingerprint density at radius 1 is 0.931 bits per heavy atom. The van der Waals surface area contributed by atoms with E-state index in [0.717, 1.165) is 0 Å². The van der Waals surface area contributed by atoms with Gasteiger partial charge in [0.15, 0.2) is 0 Å². The molecule has 0 spiro atoms. The monoisotopic (exact) mass is 400 g/mol. The number of hydrogen-bond donors (Lipinski definition) is 2. The summed E-state index contributed by atoms with van der Waals surface area (Å²) in [4.78, 5) is 36.2. The summed E-state index contributed by atoms with van der Waals surface area (Å²) in [6.07, 6.45) is 0.0659. The van der Waals surface area contributed by atoms with Crippen LogP contribution in [0.4, 0.5) is 5.69 Å². The van der Waals surface area contributed by atoms with E-state index in [2.05, 4.69) is 10.6 Å². The number of nitrogens with one attached hydrogen (secondary N) is 2. The number of carbonyl (C=O) groups is 3. The van der Waals surface area contributed by atoms with Crippen LogP contribution >= 0.6 is 0 Å². The quantitative estimate of drug-likeness (QED) is 0.628. The minimum Gasteiger partial charge on any atom is -0.497 e. The summed E-state index contributed by atoms with van der Waals surface area (Å²) in [5.74, 6) is -0.110. The largest absolute Gasteiger partial charge is 0.497 e. The first-order chi connectivity index (χ1) is 14.0. The molecule has 8 heteroatoms. The van der Waals surface area contributed by atoms with Crippen molar-refractivity contribution >= 4 is 23.5 Å². The van der Waals surface area contributed by atoms with Gasteiger partial charge in [0.05, 0.1) is 26.4 Å². The van der Waals surface area contributed by atoms with E-state index in [4.69, 9.17) is 14.2 Å². The Morgan fingerprint density at radius 2 is 1.62 bits per heavy atom. The molecule has 2 aromatic rings. The zero-order valence-electron chi connectivity index (χ0n) is 16.6. The predicted octanol–water partition coefficient (Wildman–Crippen LogP) is 2.64. The fourth-order valence-electron chi connectivity index (χ4n) is 2.49. The number of methoxy groups -OCH3 is 2. The molecule has 0 aliphatic rings. The maximum absolute atomic E-state index is 12.3. The third-order valence-corrected chi connectivity index (χ3v) is 3.91. The maximum atomic E-state index is 12.3. The van der Waals surface area contributed by atoms with Gasteiger partial charge in [-0.25, -0.2) is 4.79 Å². The molecule has 0 heterocycles. The van der Waals surface area contributed by atoms with Crippen molar-refractivity contribution in [1.82, 2.24) is 5.32 Å². The van der Waals surface area contributed by atoms with Crippen molar-refractivity contribution in [2.45, 2.75) is 13.3 Å². The van der Waals surface area contributed by atoms with Gasteiger partial charge >= 0.3 is 5.97 Å². The zero-order chi connectivity index (χ0) is 21.2. The van der Waals surface area contributed by atoms with Gasteiger partial charge in [-0.15, -0.1) is 0 Å². The highest BCUT2D eigenvalue weighted by Crippen LogP contribution is 2.22. The van der Waals surface area contributed by atoms with Crippen molar-refractivity contribution in [2.24, 2.45) is 0 Å². The second-order valence-corrected chi connectivity index (χ2v) is 5.96. The van der Waals surface area contributed by atoms with E-state index >= 15 is 0 Å². The van der Waals surface area contributed by atoms with Crippen molar-refractivity contribution in [1.29, 1.82) is 0 Å². The van der Waals surface area contributed by atoms with Gasteiger partial charge in [0, 0.05) is 30.3 Å². The minimum atomic E-state index is -0.454. The van der Waals surface area contributed by atoms with E-state index < -0.39 is 5.97 Å². The smallest absolute Gasteiger partial charge is 0.338 e. The Balaban J connectivity index is 1.88. The molecule has 0 radical (unpaired) electrons. The van der Waals surface area contributed by atoms with Gasteiger partial charge in [0.2, 0.25) is 5.91 Å². The normalized spacial score (nSPS) is 10.0. The molecule has 0 aliphatic carbocycles. The Bertz CT molecular complexity index is 859. The molecular weight excluding hydrogens is 376 g/mol. The summed E-state index contributed by atoms with van der Waals surface area (Å²) < 4.78 is 15.2. The average Bonchev–Trinajstić information content (AvgIpc) is 2.73. The van der Waals surface area contributed by atoms with Crippen molar-refractivity contribution in [3.63, 3.8) is 0 Å². The maximum Gasteiger partial charge on any atom is 0.338 e. The molecule has 2 N–H and O–H groups in total. The lowest BCUT2D eigenvalue weighted by Gasteiger charge is -2.10. The summed E-state index contributed by atoms with van der Waals surface area (Å²) in [6, 6.07) is 11.3. The van der Waals surface area contributed by atoms with E-state index in [0.29, 0.717) is 28.3 Å². The van der Waals surface area contributed by atoms with Gasteiger partial charge in [-0.1, -0.05) is 6.07 Å². The highest BCUT2D eigenvalue weighted by atomic mass is 16.5. The highest BCUT2D eigenvalue weighted by molar-refractivity contribution is 5.96. The van der Waals surface area contributed by atoms with Crippen LogP contribution in [0.1, 0.15) is 34.1 Å². The molecule has 8 nitrogen and oxygen atoms in total. The molecular formula is C21H24N2O6. The molecule has 0 saturated carbocycles. The van der Waals surface area contributed by atoms with Crippen LogP contribution in [-0.2, 0) is 9.53 Å². The zero-order valence-corrected chi connectivity index (χ0v) is 16.6. The van der Waals surface area contributed by atoms with Crippen LogP contribution in [0.15, 0.2) is 42.5 Å². The van der Waals surface area contributed by atoms with Gasteiger partial charge in [-0.2, -0.15) is 0 Å². The summed E-state index contributed by atoms with van der Waals surface area (Å²) in [5, 5.41) is 5.37. The summed E-state index contributed by atoms with van der Waals surface area (Å²) in [5.41, 5.74) is 1.19. The molecule has 2 aromatic carbocycles. The Kier molecular flexibility index (Phi) is 8.02. The predicted molar refractivity (Wildman–Crippen MR) is 108 cm³/mol.